The molecular weight excluding hydrogens is 144 g/mol. The summed E-state index contributed by atoms with van der Waals surface area (Å²) in [6, 6.07) is -0.837. The number of hydrogen-bond donors (Lipinski definition) is 1. The van der Waals surface area contributed by atoms with E-state index in [1.54, 1.807) is 6.92 Å². The molecule has 0 aromatic heterocycles. The minimum atomic E-state index is -0.434. The van der Waals surface area contributed by atoms with Gasteiger partial charge < -0.3 is 5.32 Å². The quantitative estimate of drug-likeness (QED) is 0.409. The zero-order valence-electron chi connectivity index (χ0n) is 6.13. The van der Waals surface area contributed by atoms with Crippen LogP contribution in [0.2, 0.25) is 0 Å². The standard InChI is InChI=1S/C7H8N2O2/c1-3-4-9-6(10)5(2)8-7(9)11/h1,5H,4H2,2H3,(H,8,11). The Bertz CT molecular complexity index is 241. The zero-order valence-corrected chi connectivity index (χ0v) is 6.13. The molecule has 0 bridgehead atoms. The lowest BCUT2D eigenvalue weighted by atomic mass is 10.3. The predicted molar refractivity (Wildman–Crippen MR) is 38.5 cm³/mol. The molecule has 4 heteroatoms. The number of carbonyl (C=O) groups excluding carboxylic acids is 2. The third-order valence-electron chi connectivity index (χ3n) is 1.47. The summed E-state index contributed by atoms with van der Waals surface area (Å²) < 4.78 is 0. The first-order valence-corrected chi connectivity index (χ1v) is 3.22. The fourth-order valence-corrected chi connectivity index (χ4v) is 0.900. The molecule has 1 atom stereocenters. The number of nitrogens with zero attached hydrogens (tertiary/aromatic N) is 1. The lowest BCUT2D eigenvalue weighted by molar-refractivity contribution is -0.126. The second kappa shape index (κ2) is 2.62. The Balaban J connectivity index is 2.73. The maximum absolute atomic E-state index is 11.1. The highest BCUT2D eigenvalue weighted by Crippen LogP contribution is 2.03. The van der Waals surface area contributed by atoms with Crippen molar-refractivity contribution < 1.29 is 9.59 Å². The molecule has 1 unspecified atom stereocenters. The molecule has 0 radical (unpaired) electrons. The lowest BCUT2D eigenvalue weighted by Crippen LogP contribution is -2.31. The molecule has 1 rings (SSSR count). The van der Waals surface area contributed by atoms with Crippen molar-refractivity contribution in [1.29, 1.82) is 0 Å². The van der Waals surface area contributed by atoms with Gasteiger partial charge in [-0.3, -0.25) is 9.69 Å². The molecule has 1 fully saturated rings. The third kappa shape index (κ3) is 1.17. The van der Waals surface area contributed by atoms with E-state index in [1.807, 2.05) is 0 Å². The minimum absolute atomic E-state index is 0.0506. The van der Waals surface area contributed by atoms with Crippen LogP contribution < -0.4 is 5.32 Å². The van der Waals surface area contributed by atoms with Crippen LogP contribution >= 0.6 is 0 Å². The number of rotatable bonds is 1. The van der Waals surface area contributed by atoms with Gasteiger partial charge in [0.25, 0.3) is 5.91 Å². The lowest BCUT2D eigenvalue weighted by Gasteiger charge is -2.06. The Hall–Kier alpha value is -1.50. The number of imide groups is 1. The van der Waals surface area contributed by atoms with Crippen molar-refractivity contribution in [2.24, 2.45) is 0 Å². The van der Waals surface area contributed by atoms with Crippen LogP contribution in [0.1, 0.15) is 6.92 Å². The molecule has 0 saturated carbocycles. The largest absolute Gasteiger partial charge is 0.326 e. The number of carbonyl (C=O) groups is 2. The van der Waals surface area contributed by atoms with Crippen molar-refractivity contribution in [2.45, 2.75) is 13.0 Å². The van der Waals surface area contributed by atoms with Crippen molar-refractivity contribution >= 4 is 11.9 Å². The van der Waals surface area contributed by atoms with Gasteiger partial charge >= 0.3 is 6.03 Å². The van der Waals surface area contributed by atoms with E-state index in [0.717, 1.165) is 4.90 Å². The molecule has 1 saturated heterocycles. The van der Waals surface area contributed by atoms with Gasteiger partial charge in [-0.15, -0.1) is 6.42 Å². The SMILES string of the molecule is C#CCN1C(=O)NC(C)C1=O. The van der Waals surface area contributed by atoms with Crippen LogP contribution in [-0.4, -0.2) is 29.4 Å². The molecule has 0 aromatic rings. The van der Waals surface area contributed by atoms with E-state index in [2.05, 4.69) is 11.2 Å². The highest BCUT2D eigenvalue weighted by molar-refractivity contribution is 6.04. The second-order valence-corrected chi connectivity index (χ2v) is 2.30. The monoisotopic (exact) mass is 152 g/mol. The zero-order chi connectivity index (χ0) is 8.43. The maximum Gasteiger partial charge on any atom is 0.325 e. The first kappa shape index (κ1) is 7.61. The van der Waals surface area contributed by atoms with Gasteiger partial charge in [0.05, 0.1) is 6.54 Å². The van der Waals surface area contributed by atoms with Gasteiger partial charge in [-0.25, -0.2) is 4.79 Å². The van der Waals surface area contributed by atoms with Gasteiger partial charge in [0.1, 0.15) is 6.04 Å². The number of urea groups is 1. The Morgan fingerprint density at radius 2 is 2.36 bits per heavy atom. The minimum Gasteiger partial charge on any atom is -0.326 e. The third-order valence-corrected chi connectivity index (χ3v) is 1.47. The normalized spacial score (nSPS) is 23.3. The summed E-state index contributed by atoms with van der Waals surface area (Å²) in [5.41, 5.74) is 0. The molecule has 1 aliphatic rings. The summed E-state index contributed by atoms with van der Waals surface area (Å²) in [5.74, 6) is 1.98. The van der Waals surface area contributed by atoms with E-state index in [0.29, 0.717) is 0 Å². The van der Waals surface area contributed by atoms with Crippen LogP contribution in [0, 0.1) is 12.3 Å². The van der Waals surface area contributed by atoms with Crippen LogP contribution in [0.3, 0.4) is 0 Å². The second-order valence-electron chi connectivity index (χ2n) is 2.30. The summed E-state index contributed by atoms with van der Waals surface area (Å²) in [7, 11) is 0. The molecule has 0 spiro atoms. The van der Waals surface area contributed by atoms with Gasteiger partial charge in [-0.05, 0) is 6.92 Å². The summed E-state index contributed by atoms with van der Waals surface area (Å²) in [4.78, 5) is 23.0. The highest BCUT2D eigenvalue weighted by atomic mass is 16.2. The fourth-order valence-electron chi connectivity index (χ4n) is 0.900. The van der Waals surface area contributed by atoms with Crippen molar-refractivity contribution in [3.63, 3.8) is 0 Å². The van der Waals surface area contributed by atoms with Crippen LogP contribution in [0.25, 0.3) is 0 Å². The predicted octanol–water partition coefficient (Wildman–Crippen LogP) is -0.440. The highest BCUT2D eigenvalue weighted by Gasteiger charge is 2.33. The van der Waals surface area contributed by atoms with E-state index in [1.165, 1.54) is 0 Å². The van der Waals surface area contributed by atoms with E-state index in [-0.39, 0.29) is 12.5 Å². The number of hydrogen-bond acceptors (Lipinski definition) is 2. The topological polar surface area (TPSA) is 49.4 Å². The summed E-state index contributed by atoms with van der Waals surface area (Å²) in [6.45, 7) is 1.67. The Kier molecular flexibility index (Phi) is 1.81. The first-order valence-electron chi connectivity index (χ1n) is 3.22. The smallest absolute Gasteiger partial charge is 0.325 e. The molecule has 0 aromatic carbocycles. The molecule has 1 aliphatic heterocycles. The van der Waals surface area contributed by atoms with Crippen LogP contribution in [0.15, 0.2) is 0 Å². The van der Waals surface area contributed by atoms with Gasteiger partial charge in [0.2, 0.25) is 0 Å². The molecule has 1 N–H and O–H groups in total. The molecule has 1 heterocycles. The van der Waals surface area contributed by atoms with E-state index >= 15 is 0 Å². The number of nitrogens with one attached hydrogen (secondary N) is 1. The van der Waals surface area contributed by atoms with Gasteiger partial charge in [-0.2, -0.15) is 0 Å². The van der Waals surface area contributed by atoms with Crippen molar-refractivity contribution in [2.75, 3.05) is 6.54 Å². The van der Waals surface area contributed by atoms with E-state index in [4.69, 9.17) is 6.42 Å². The molecule has 58 valence electrons. The first-order chi connectivity index (χ1) is 5.16. The average Bonchev–Trinajstić information content (AvgIpc) is 2.17. The molecule has 4 nitrogen and oxygen atoms in total. The van der Waals surface area contributed by atoms with Crippen molar-refractivity contribution in [3.8, 4) is 12.3 Å². The van der Waals surface area contributed by atoms with Gasteiger partial charge in [-0.1, -0.05) is 5.92 Å². The van der Waals surface area contributed by atoms with E-state index < -0.39 is 12.1 Å². The summed E-state index contributed by atoms with van der Waals surface area (Å²) >= 11 is 0. The molecule has 11 heavy (non-hydrogen) atoms. The molecule has 3 amide bonds. The van der Waals surface area contributed by atoms with Crippen molar-refractivity contribution in [3.05, 3.63) is 0 Å². The number of amides is 3. The Labute approximate surface area is 64.6 Å². The molecular formula is C7H8N2O2. The van der Waals surface area contributed by atoms with Crippen LogP contribution in [-0.2, 0) is 4.79 Å². The maximum atomic E-state index is 11.1. The average molecular weight is 152 g/mol. The number of terminal acetylenes is 1. The Morgan fingerprint density at radius 1 is 1.73 bits per heavy atom. The summed E-state index contributed by atoms with van der Waals surface area (Å²) in [6.07, 6.45) is 4.95. The van der Waals surface area contributed by atoms with Crippen LogP contribution in [0.5, 0.6) is 0 Å². The van der Waals surface area contributed by atoms with E-state index in [9.17, 15) is 9.59 Å². The van der Waals surface area contributed by atoms with Gasteiger partial charge in [0.15, 0.2) is 0 Å². The molecule has 0 aliphatic carbocycles. The summed E-state index contributed by atoms with van der Waals surface area (Å²) in [5, 5.41) is 2.44. The Morgan fingerprint density at radius 3 is 2.73 bits per heavy atom. The fraction of sp³-hybridized carbons (Fsp3) is 0.429. The van der Waals surface area contributed by atoms with Crippen molar-refractivity contribution in [1.82, 2.24) is 10.2 Å². The van der Waals surface area contributed by atoms with Crippen LogP contribution in [0.4, 0.5) is 4.79 Å². The van der Waals surface area contributed by atoms with Gasteiger partial charge in [0, 0.05) is 0 Å².